The maximum absolute atomic E-state index is 12.5. The van der Waals surface area contributed by atoms with Crippen molar-refractivity contribution in [2.75, 3.05) is 7.11 Å². The van der Waals surface area contributed by atoms with Gasteiger partial charge >= 0.3 is 29.6 Å². The van der Waals surface area contributed by atoms with Gasteiger partial charge in [0, 0.05) is 11.6 Å². The number of carbonyl (C=O) groups excluding carboxylic acids is 1. The number of aryl methyl sites for hydroxylation is 1. The Morgan fingerprint density at radius 1 is 1.17 bits per heavy atom. The molecule has 3 rings (SSSR count). The third kappa shape index (κ3) is 3.83. The fraction of sp³-hybridized carbons (Fsp3) is 0.211. The summed E-state index contributed by atoms with van der Waals surface area (Å²) < 4.78 is 11.2. The first-order valence-corrected chi connectivity index (χ1v) is 7.48. The molecule has 0 spiro atoms. The zero-order valence-electron chi connectivity index (χ0n) is 12.9. The van der Waals surface area contributed by atoms with E-state index in [1.165, 1.54) is 0 Å². The minimum absolute atomic E-state index is 0. The van der Waals surface area contributed by atoms with Crippen molar-refractivity contribution >= 4 is 35.3 Å². The SMILES string of the molecule is COc1cc2c(c(OCc3ccccc3)c1)C(=O)/C(=C\O)CC2.[NaH]. The van der Waals surface area contributed by atoms with Gasteiger partial charge in [-0.15, -0.1) is 0 Å². The Kier molecular flexibility index (Phi) is 6.49. The number of hydrogen-bond acceptors (Lipinski definition) is 4. The normalized spacial score (nSPS) is 14.7. The molecule has 1 aliphatic rings. The number of fused-ring (bicyclic) bond motifs is 1. The summed E-state index contributed by atoms with van der Waals surface area (Å²) in [5.41, 5.74) is 2.84. The number of Topliss-reactive ketones (excluding diaryl/α,β-unsaturated/α-hetero) is 1. The molecule has 120 valence electrons. The number of ketones is 1. The summed E-state index contributed by atoms with van der Waals surface area (Å²) in [7, 11) is 1.59. The van der Waals surface area contributed by atoms with Crippen LogP contribution >= 0.6 is 0 Å². The fourth-order valence-electron chi connectivity index (χ4n) is 2.73. The summed E-state index contributed by atoms with van der Waals surface area (Å²) in [6.45, 7) is 0.367. The third-order valence-electron chi connectivity index (χ3n) is 3.97. The topological polar surface area (TPSA) is 55.8 Å². The molecule has 0 heterocycles. The van der Waals surface area contributed by atoms with Crippen molar-refractivity contribution < 1.29 is 19.4 Å². The van der Waals surface area contributed by atoms with Crippen molar-refractivity contribution in [2.24, 2.45) is 0 Å². The summed E-state index contributed by atoms with van der Waals surface area (Å²) in [6.07, 6.45) is 2.09. The van der Waals surface area contributed by atoms with Gasteiger partial charge < -0.3 is 14.6 Å². The zero-order valence-corrected chi connectivity index (χ0v) is 12.9. The van der Waals surface area contributed by atoms with Gasteiger partial charge in [-0.3, -0.25) is 4.79 Å². The molecule has 0 atom stereocenters. The molecular formula is C19H19NaO4. The molecule has 0 bridgehead atoms. The summed E-state index contributed by atoms with van der Waals surface area (Å²) in [5.74, 6) is 0.975. The van der Waals surface area contributed by atoms with Crippen molar-refractivity contribution in [3.63, 3.8) is 0 Å². The molecule has 0 aromatic heterocycles. The van der Waals surface area contributed by atoms with Crippen LogP contribution in [-0.2, 0) is 13.0 Å². The molecule has 24 heavy (non-hydrogen) atoms. The van der Waals surface area contributed by atoms with Gasteiger partial charge in [0.25, 0.3) is 0 Å². The van der Waals surface area contributed by atoms with Gasteiger partial charge in [-0.05, 0) is 30.0 Å². The molecule has 0 saturated heterocycles. The first kappa shape index (κ1) is 18.6. The van der Waals surface area contributed by atoms with Crippen LogP contribution in [0.2, 0.25) is 0 Å². The first-order valence-electron chi connectivity index (χ1n) is 7.48. The van der Waals surface area contributed by atoms with Crippen LogP contribution in [0.4, 0.5) is 0 Å². The molecule has 0 saturated carbocycles. The van der Waals surface area contributed by atoms with Gasteiger partial charge in [0.2, 0.25) is 0 Å². The number of aliphatic hydroxyl groups is 1. The summed E-state index contributed by atoms with van der Waals surface area (Å²) in [4.78, 5) is 12.5. The van der Waals surface area contributed by atoms with Crippen LogP contribution in [0, 0.1) is 0 Å². The monoisotopic (exact) mass is 334 g/mol. The van der Waals surface area contributed by atoms with E-state index < -0.39 is 0 Å². The zero-order chi connectivity index (χ0) is 16.2. The second-order valence-electron chi connectivity index (χ2n) is 5.42. The Morgan fingerprint density at radius 3 is 2.58 bits per heavy atom. The number of carbonyl (C=O) groups is 1. The number of benzene rings is 2. The van der Waals surface area contributed by atoms with Crippen LogP contribution in [0.1, 0.15) is 27.9 Å². The van der Waals surface area contributed by atoms with E-state index in [0.717, 1.165) is 17.4 Å². The van der Waals surface area contributed by atoms with E-state index in [4.69, 9.17) is 9.47 Å². The van der Waals surface area contributed by atoms with Crippen molar-refractivity contribution in [3.05, 3.63) is 71.0 Å². The van der Waals surface area contributed by atoms with Crippen LogP contribution in [-0.4, -0.2) is 47.6 Å². The molecule has 0 aliphatic heterocycles. The van der Waals surface area contributed by atoms with E-state index in [1.54, 1.807) is 13.2 Å². The molecule has 2 aromatic rings. The van der Waals surface area contributed by atoms with Crippen molar-refractivity contribution in [1.29, 1.82) is 0 Å². The molecule has 0 fully saturated rings. The molecule has 0 amide bonds. The molecule has 1 N–H and O–H groups in total. The van der Waals surface area contributed by atoms with Crippen molar-refractivity contribution in [3.8, 4) is 11.5 Å². The number of hydrogen-bond donors (Lipinski definition) is 1. The number of allylic oxidation sites excluding steroid dienone is 1. The van der Waals surface area contributed by atoms with E-state index in [1.807, 2.05) is 36.4 Å². The van der Waals surface area contributed by atoms with Gasteiger partial charge in [-0.25, -0.2) is 0 Å². The second-order valence-corrected chi connectivity index (χ2v) is 5.42. The minimum atomic E-state index is -0.181. The Morgan fingerprint density at radius 2 is 1.92 bits per heavy atom. The van der Waals surface area contributed by atoms with Gasteiger partial charge in [-0.1, -0.05) is 30.3 Å². The Hall–Kier alpha value is -1.75. The van der Waals surface area contributed by atoms with Crippen LogP contribution < -0.4 is 9.47 Å². The molecule has 5 heteroatoms. The van der Waals surface area contributed by atoms with E-state index in [9.17, 15) is 9.90 Å². The average molecular weight is 334 g/mol. The Labute approximate surface area is 163 Å². The predicted molar refractivity (Wildman–Crippen MR) is 94.3 cm³/mol. The summed E-state index contributed by atoms with van der Waals surface area (Å²) >= 11 is 0. The summed E-state index contributed by atoms with van der Waals surface area (Å²) in [6, 6.07) is 13.3. The maximum atomic E-state index is 12.5. The quantitative estimate of drug-likeness (QED) is 0.530. The van der Waals surface area contributed by atoms with Crippen LogP contribution in [0.5, 0.6) is 11.5 Å². The van der Waals surface area contributed by atoms with Crippen LogP contribution in [0.25, 0.3) is 0 Å². The summed E-state index contributed by atoms with van der Waals surface area (Å²) in [5, 5.41) is 9.24. The van der Waals surface area contributed by atoms with E-state index >= 15 is 0 Å². The van der Waals surface area contributed by atoms with Crippen molar-refractivity contribution in [2.45, 2.75) is 19.4 Å². The Balaban J connectivity index is 0.00000208. The fourth-order valence-corrected chi connectivity index (χ4v) is 2.73. The van der Waals surface area contributed by atoms with Crippen LogP contribution in [0.15, 0.2) is 54.3 Å². The standard InChI is InChI=1S/C19H18O4.Na.H/c1-22-16-9-14-7-8-15(11-20)19(21)18(14)17(10-16)23-12-13-5-3-2-4-6-13;;/h2-6,9-11,20H,7-8,12H2,1H3;;/b15-11-;;. The predicted octanol–water partition coefficient (Wildman–Crippen LogP) is 3.20. The van der Waals surface area contributed by atoms with E-state index in [-0.39, 0.29) is 35.3 Å². The number of aliphatic hydroxyl groups excluding tert-OH is 1. The number of ether oxygens (including phenoxy) is 2. The Bertz CT molecular complexity index is 753. The molecule has 0 unspecified atom stereocenters. The first-order chi connectivity index (χ1) is 11.2. The number of methoxy groups -OCH3 is 1. The van der Waals surface area contributed by atoms with Crippen LogP contribution in [0.3, 0.4) is 0 Å². The van der Waals surface area contributed by atoms with Gasteiger partial charge in [-0.2, -0.15) is 0 Å². The molecular weight excluding hydrogens is 315 g/mol. The number of rotatable bonds is 4. The second kappa shape index (κ2) is 8.38. The van der Waals surface area contributed by atoms with E-state index in [2.05, 4.69) is 0 Å². The molecule has 2 aromatic carbocycles. The van der Waals surface area contributed by atoms with Crippen molar-refractivity contribution in [1.82, 2.24) is 0 Å². The molecule has 0 radical (unpaired) electrons. The average Bonchev–Trinajstić information content (AvgIpc) is 2.60. The van der Waals surface area contributed by atoms with E-state index in [0.29, 0.717) is 42.1 Å². The molecule has 1 aliphatic carbocycles. The third-order valence-corrected chi connectivity index (χ3v) is 3.97. The molecule has 4 nitrogen and oxygen atoms in total. The van der Waals surface area contributed by atoms with Gasteiger partial charge in [0.05, 0.1) is 18.9 Å². The van der Waals surface area contributed by atoms with Gasteiger partial charge in [0.15, 0.2) is 5.78 Å². The van der Waals surface area contributed by atoms with Gasteiger partial charge in [0.1, 0.15) is 18.1 Å².